The van der Waals surface area contributed by atoms with Gasteiger partial charge >= 0.3 is 0 Å². The molecule has 0 aliphatic carbocycles. The predicted octanol–water partition coefficient (Wildman–Crippen LogP) is 3.16. The molecule has 0 radical (unpaired) electrons. The van der Waals surface area contributed by atoms with Crippen molar-refractivity contribution in [2.75, 3.05) is 11.4 Å². The number of sulfonamides is 1. The highest BCUT2D eigenvalue weighted by Crippen LogP contribution is 2.35. The lowest BCUT2D eigenvalue weighted by molar-refractivity contribution is 0.0652. The summed E-state index contributed by atoms with van der Waals surface area (Å²) in [5.41, 5.74) is 0.763. The van der Waals surface area contributed by atoms with E-state index < -0.39 is 15.7 Å². The van der Waals surface area contributed by atoms with E-state index in [0.29, 0.717) is 22.1 Å². The first kappa shape index (κ1) is 19.1. The molecule has 1 atom stereocenters. The Morgan fingerprint density at radius 1 is 1.11 bits per heavy atom. The lowest BCUT2D eigenvalue weighted by Crippen LogP contribution is -2.34. The van der Waals surface area contributed by atoms with Crippen LogP contribution in [0.15, 0.2) is 75.2 Å². The van der Waals surface area contributed by atoms with Crippen molar-refractivity contribution in [2.45, 2.75) is 10.6 Å². The summed E-state index contributed by atoms with van der Waals surface area (Å²) in [4.78, 5) is 6.47. The first-order valence-corrected chi connectivity index (χ1v) is 11.1. The van der Waals surface area contributed by atoms with Crippen molar-refractivity contribution in [3.63, 3.8) is 0 Å². The Balaban J connectivity index is 1.79. The van der Waals surface area contributed by atoms with Gasteiger partial charge in [-0.15, -0.1) is 0 Å². The third kappa shape index (κ3) is 3.57. The first-order valence-electron chi connectivity index (χ1n) is 8.27. The third-order valence-electron chi connectivity index (χ3n) is 4.49. The second kappa shape index (κ2) is 6.98. The number of rotatable bonds is 4. The van der Waals surface area contributed by atoms with Gasteiger partial charge in [0.2, 0.25) is 15.7 Å². The van der Waals surface area contributed by atoms with Crippen LogP contribution >= 0.6 is 22.9 Å². The second-order valence-corrected chi connectivity index (χ2v) is 9.17. The smallest absolute Gasteiger partial charge is 0.238 e. The normalized spacial score (nSPS) is 19.7. The van der Waals surface area contributed by atoms with E-state index in [-0.39, 0.29) is 11.4 Å². The average molecular weight is 434 g/mol. The van der Waals surface area contributed by atoms with E-state index in [2.05, 4.69) is 4.99 Å². The molecule has 6 nitrogen and oxygen atoms in total. The fraction of sp³-hybridized carbons (Fsp3) is 0.105. The van der Waals surface area contributed by atoms with Gasteiger partial charge in [-0.25, -0.2) is 18.5 Å². The highest BCUT2D eigenvalue weighted by atomic mass is 35.5. The van der Waals surface area contributed by atoms with Gasteiger partial charge in [0.1, 0.15) is 5.84 Å². The summed E-state index contributed by atoms with van der Waals surface area (Å²) in [6, 6.07) is 15.2. The molecule has 0 amide bonds. The van der Waals surface area contributed by atoms with Crippen molar-refractivity contribution in [3.05, 3.63) is 81.5 Å². The quantitative estimate of drug-likeness (QED) is 0.660. The van der Waals surface area contributed by atoms with E-state index in [1.54, 1.807) is 24.3 Å². The van der Waals surface area contributed by atoms with Crippen LogP contribution in [-0.2, 0) is 15.7 Å². The lowest BCUT2D eigenvalue weighted by atomic mass is 10.1. The van der Waals surface area contributed by atoms with Crippen LogP contribution in [0.2, 0.25) is 5.02 Å². The molecule has 2 heterocycles. The average Bonchev–Trinajstić information content (AvgIpc) is 3.31. The van der Waals surface area contributed by atoms with Gasteiger partial charge in [-0.05, 0) is 65.4 Å². The van der Waals surface area contributed by atoms with Crippen molar-refractivity contribution in [2.24, 2.45) is 10.1 Å². The topological polar surface area (TPSA) is 96.0 Å². The zero-order valence-corrected chi connectivity index (χ0v) is 16.9. The van der Waals surface area contributed by atoms with Gasteiger partial charge < -0.3 is 10.0 Å². The summed E-state index contributed by atoms with van der Waals surface area (Å²) in [6.07, 6.45) is 0. The maximum Gasteiger partial charge on any atom is 0.238 e. The van der Waals surface area contributed by atoms with Crippen LogP contribution in [0.1, 0.15) is 11.1 Å². The number of aliphatic hydroxyl groups is 1. The first-order chi connectivity index (χ1) is 13.3. The fourth-order valence-electron chi connectivity index (χ4n) is 3.06. The number of β-amino-alcohol motifs (C(OH)–C–C–N with tert-alkyl or cyclic N) is 1. The summed E-state index contributed by atoms with van der Waals surface area (Å²) in [5.74, 6) is 0.564. The molecule has 144 valence electrons. The standard InChI is InChI=1S/C19H16ClN3O3S2/c20-15-3-1-13(2-4-15)18-22-19(24,14-9-10-27-11-14)12-23(18)16-5-7-17(8-6-16)28(21,25)26/h1-11,24H,12H2,(H2,21,25,26). The molecular weight excluding hydrogens is 418 g/mol. The summed E-state index contributed by atoms with van der Waals surface area (Å²) in [6.45, 7) is 0.191. The zero-order valence-electron chi connectivity index (χ0n) is 14.5. The van der Waals surface area contributed by atoms with Crippen molar-refractivity contribution in [1.82, 2.24) is 0 Å². The number of thiophene rings is 1. The molecule has 1 aromatic heterocycles. The van der Waals surface area contributed by atoms with Gasteiger partial charge in [0.15, 0.2) is 0 Å². The van der Waals surface area contributed by atoms with Crippen molar-refractivity contribution in [3.8, 4) is 0 Å². The third-order valence-corrected chi connectivity index (χ3v) is 6.35. The predicted molar refractivity (Wildman–Crippen MR) is 111 cm³/mol. The highest BCUT2D eigenvalue weighted by molar-refractivity contribution is 7.89. The molecule has 0 fully saturated rings. The second-order valence-electron chi connectivity index (χ2n) is 6.40. The number of primary sulfonamides is 1. The minimum absolute atomic E-state index is 0.0218. The molecular formula is C19H16ClN3O3S2. The van der Waals surface area contributed by atoms with Crippen LogP contribution in [0, 0.1) is 0 Å². The number of nitrogens with two attached hydrogens (primary N) is 1. The fourth-order valence-corrected chi connectivity index (χ4v) is 4.42. The monoisotopic (exact) mass is 433 g/mol. The van der Waals surface area contributed by atoms with E-state index in [1.165, 1.54) is 23.5 Å². The van der Waals surface area contributed by atoms with Crippen molar-refractivity contribution in [1.29, 1.82) is 0 Å². The molecule has 0 saturated heterocycles. The number of hydrogen-bond acceptors (Lipinski definition) is 6. The summed E-state index contributed by atoms with van der Waals surface area (Å²) in [7, 11) is -3.78. The Hall–Kier alpha value is -2.23. The molecule has 1 aliphatic rings. The molecule has 1 aliphatic heterocycles. The molecule has 0 spiro atoms. The van der Waals surface area contributed by atoms with E-state index in [9.17, 15) is 13.5 Å². The molecule has 28 heavy (non-hydrogen) atoms. The molecule has 3 N–H and O–H groups in total. The maximum absolute atomic E-state index is 11.5. The number of hydrogen-bond donors (Lipinski definition) is 2. The number of aliphatic imine (C=N–C) groups is 1. The number of benzene rings is 2. The molecule has 0 saturated carbocycles. The Kier molecular flexibility index (Phi) is 4.76. The van der Waals surface area contributed by atoms with Crippen LogP contribution in [0.4, 0.5) is 5.69 Å². The van der Waals surface area contributed by atoms with E-state index >= 15 is 0 Å². The van der Waals surface area contributed by atoms with Gasteiger partial charge in [-0.2, -0.15) is 11.3 Å². The van der Waals surface area contributed by atoms with Gasteiger partial charge in [0.05, 0.1) is 11.4 Å². The van der Waals surface area contributed by atoms with Crippen molar-refractivity contribution >= 4 is 44.5 Å². The Bertz CT molecular complexity index is 1130. The number of anilines is 1. The molecule has 9 heteroatoms. The number of amidine groups is 1. The van der Waals surface area contributed by atoms with E-state index in [4.69, 9.17) is 16.7 Å². The highest BCUT2D eigenvalue weighted by Gasteiger charge is 2.40. The van der Waals surface area contributed by atoms with Crippen LogP contribution in [0.3, 0.4) is 0 Å². The van der Waals surface area contributed by atoms with Crippen LogP contribution in [-0.4, -0.2) is 25.9 Å². The van der Waals surface area contributed by atoms with Crippen LogP contribution in [0.5, 0.6) is 0 Å². The lowest BCUT2D eigenvalue weighted by Gasteiger charge is -2.24. The van der Waals surface area contributed by atoms with Gasteiger partial charge in [0, 0.05) is 21.8 Å². The number of halogens is 1. The molecule has 0 bridgehead atoms. The molecule has 1 unspecified atom stereocenters. The summed E-state index contributed by atoms with van der Waals surface area (Å²) in [5, 5.41) is 20.7. The zero-order chi connectivity index (χ0) is 19.9. The minimum Gasteiger partial charge on any atom is -0.364 e. The number of nitrogens with zero attached hydrogens (tertiary/aromatic N) is 2. The Labute approximate surface area is 171 Å². The van der Waals surface area contributed by atoms with Crippen molar-refractivity contribution < 1.29 is 13.5 Å². The van der Waals surface area contributed by atoms with Gasteiger partial charge in [-0.1, -0.05) is 11.6 Å². The SMILES string of the molecule is NS(=O)(=O)c1ccc(N2CC(O)(c3ccsc3)N=C2c2ccc(Cl)cc2)cc1. The molecule has 2 aromatic carbocycles. The summed E-state index contributed by atoms with van der Waals surface area (Å²) >= 11 is 7.48. The van der Waals surface area contributed by atoms with E-state index in [1.807, 2.05) is 33.9 Å². The Morgan fingerprint density at radius 3 is 2.36 bits per heavy atom. The van der Waals surface area contributed by atoms with Gasteiger partial charge in [0.25, 0.3) is 0 Å². The largest absolute Gasteiger partial charge is 0.364 e. The molecule has 4 rings (SSSR count). The van der Waals surface area contributed by atoms with Crippen LogP contribution in [0.25, 0.3) is 0 Å². The Morgan fingerprint density at radius 2 is 1.79 bits per heavy atom. The molecule has 3 aromatic rings. The maximum atomic E-state index is 11.5. The van der Waals surface area contributed by atoms with Gasteiger partial charge in [-0.3, -0.25) is 0 Å². The summed E-state index contributed by atoms with van der Waals surface area (Å²) < 4.78 is 23.1. The minimum atomic E-state index is -3.78. The van der Waals surface area contributed by atoms with Crippen LogP contribution < -0.4 is 10.0 Å². The van der Waals surface area contributed by atoms with E-state index in [0.717, 1.165) is 5.56 Å².